The molecule has 37 heavy (non-hydrogen) atoms. The topological polar surface area (TPSA) is 54.4 Å². The van der Waals surface area contributed by atoms with Crippen molar-refractivity contribution in [3.63, 3.8) is 0 Å². The molecule has 0 aromatic heterocycles. The number of aliphatic hydroxyl groups is 1. The standard InChI is InChI=1S/C34H54O3/c1-18-10-12-24(14-20(18)3)25-13-11-19(2)28-26(25)16-32(7)17-33(8)15-21(4)27(23(6)35)31(37)34(33,9)22(5)29(32)30(28)36/h18-20,22-26,28-29,35H,10-17H2,1-9H3. The van der Waals surface area contributed by atoms with Crippen LogP contribution in [-0.2, 0) is 9.59 Å². The smallest absolute Gasteiger partial charge is 0.168 e. The van der Waals surface area contributed by atoms with Crippen LogP contribution >= 0.6 is 0 Å². The first-order chi connectivity index (χ1) is 17.2. The fraction of sp³-hybridized carbons (Fsp3) is 0.882. The van der Waals surface area contributed by atoms with Gasteiger partial charge in [0.15, 0.2) is 5.78 Å². The third-order valence-electron chi connectivity index (χ3n) is 13.6. The molecule has 3 nitrogen and oxygen atoms in total. The molecular formula is C34H54O3. The van der Waals surface area contributed by atoms with Gasteiger partial charge in [-0.25, -0.2) is 0 Å². The van der Waals surface area contributed by atoms with Crippen molar-refractivity contribution in [2.75, 3.05) is 0 Å². The molecule has 0 aromatic rings. The van der Waals surface area contributed by atoms with Crippen LogP contribution < -0.4 is 0 Å². The summed E-state index contributed by atoms with van der Waals surface area (Å²) in [6.45, 7) is 20.1. The molecule has 4 saturated carbocycles. The van der Waals surface area contributed by atoms with E-state index in [0.29, 0.717) is 29.1 Å². The highest BCUT2D eigenvalue weighted by Gasteiger charge is 2.69. The maximum Gasteiger partial charge on any atom is 0.168 e. The molecule has 3 heteroatoms. The second-order valence-electron chi connectivity index (χ2n) is 15.8. The number of carbonyl (C=O) groups is 2. The third-order valence-corrected chi connectivity index (χ3v) is 13.6. The van der Waals surface area contributed by atoms with Gasteiger partial charge in [0.2, 0.25) is 0 Å². The van der Waals surface area contributed by atoms with Gasteiger partial charge in [-0.15, -0.1) is 0 Å². The van der Waals surface area contributed by atoms with Crippen LogP contribution in [-0.4, -0.2) is 22.8 Å². The minimum atomic E-state index is -0.749. The Bertz CT molecular complexity index is 993. The summed E-state index contributed by atoms with van der Waals surface area (Å²) >= 11 is 0. The molecular weight excluding hydrogens is 456 g/mol. The van der Waals surface area contributed by atoms with Crippen molar-refractivity contribution in [1.29, 1.82) is 0 Å². The third kappa shape index (κ3) is 3.82. The molecule has 1 N–H and O–H groups in total. The van der Waals surface area contributed by atoms with E-state index in [-0.39, 0.29) is 34.4 Å². The average molecular weight is 511 g/mol. The molecule has 0 saturated heterocycles. The van der Waals surface area contributed by atoms with Gasteiger partial charge in [0.1, 0.15) is 5.78 Å². The van der Waals surface area contributed by atoms with E-state index >= 15 is 0 Å². The Balaban J connectivity index is 1.54. The van der Waals surface area contributed by atoms with Gasteiger partial charge < -0.3 is 5.11 Å². The van der Waals surface area contributed by atoms with Crippen molar-refractivity contribution >= 4 is 11.6 Å². The molecule has 5 rings (SSSR count). The monoisotopic (exact) mass is 510 g/mol. The highest BCUT2D eigenvalue weighted by molar-refractivity contribution is 6.03. The Labute approximate surface area is 226 Å². The minimum absolute atomic E-state index is 0.0119. The molecule has 13 atom stereocenters. The van der Waals surface area contributed by atoms with Crippen LogP contribution in [0.4, 0.5) is 0 Å². The zero-order valence-electron chi connectivity index (χ0n) is 25.2. The van der Waals surface area contributed by atoms with Crippen LogP contribution in [0, 0.1) is 69.5 Å². The molecule has 4 fully saturated rings. The van der Waals surface area contributed by atoms with Crippen molar-refractivity contribution in [3.05, 3.63) is 11.1 Å². The number of allylic oxidation sites excluding steroid dienone is 1. The molecule has 0 bridgehead atoms. The van der Waals surface area contributed by atoms with Gasteiger partial charge in [-0.3, -0.25) is 9.59 Å². The van der Waals surface area contributed by atoms with Crippen molar-refractivity contribution in [3.8, 4) is 0 Å². The zero-order valence-corrected chi connectivity index (χ0v) is 25.2. The lowest BCUT2D eigenvalue weighted by Gasteiger charge is -2.67. The number of carbonyl (C=O) groups excluding carboxylic acids is 2. The second-order valence-corrected chi connectivity index (χ2v) is 15.8. The van der Waals surface area contributed by atoms with Crippen LogP contribution in [0.5, 0.6) is 0 Å². The molecule has 208 valence electrons. The van der Waals surface area contributed by atoms with Gasteiger partial charge in [-0.05, 0) is 111 Å². The van der Waals surface area contributed by atoms with Crippen molar-refractivity contribution in [1.82, 2.24) is 0 Å². The Morgan fingerprint density at radius 3 is 2.16 bits per heavy atom. The number of aliphatic hydroxyl groups excluding tert-OH is 1. The molecule has 0 heterocycles. The maximum atomic E-state index is 14.7. The normalized spacial score (nSPS) is 53.3. The van der Waals surface area contributed by atoms with E-state index < -0.39 is 11.5 Å². The first kappa shape index (κ1) is 27.6. The second kappa shape index (κ2) is 9.03. The van der Waals surface area contributed by atoms with E-state index in [2.05, 4.69) is 55.4 Å². The first-order valence-electron chi connectivity index (χ1n) is 15.6. The maximum absolute atomic E-state index is 14.7. The average Bonchev–Trinajstić information content (AvgIpc) is 2.78. The number of hydrogen-bond acceptors (Lipinski definition) is 3. The number of fused-ring (bicyclic) bond motifs is 3. The summed E-state index contributed by atoms with van der Waals surface area (Å²) in [5.74, 6) is 4.72. The molecule has 0 aliphatic heterocycles. The van der Waals surface area contributed by atoms with Gasteiger partial charge in [-0.1, -0.05) is 60.5 Å². The summed E-state index contributed by atoms with van der Waals surface area (Å²) in [4.78, 5) is 28.9. The summed E-state index contributed by atoms with van der Waals surface area (Å²) in [7, 11) is 0. The van der Waals surface area contributed by atoms with E-state index in [0.717, 1.165) is 42.6 Å². The number of ketones is 2. The Morgan fingerprint density at radius 1 is 0.892 bits per heavy atom. The van der Waals surface area contributed by atoms with Gasteiger partial charge in [-0.2, -0.15) is 0 Å². The minimum Gasteiger partial charge on any atom is -0.389 e. The van der Waals surface area contributed by atoms with Gasteiger partial charge in [0.05, 0.1) is 6.10 Å². The SMILES string of the molecule is CC1=C(C(C)O)C(=O)C2(C)C(C)C3C(=O)C4C(C)CCC(C5CCC(C)C(C)C5)C4CC3(C)CC2(C)C1. The van der Waals surface area contributed by atoms with Gasteiger partial charge >= 0.3 is 0 Å². The fourth-order valence-electron chi connectivity index (χ4n) is 11.5. The Hall–Kier alpha value is -0.960. The molecule has 13 unspecified atom stereocenters. The van der Waals surface area contributed by atoms with Crippen LogP contribution in [0.2, 0.25) is 0 Å². The lowest BCUT2D eigenvalue weighted by atomic mass is 9.35. The molecule has 5 aliphatic rings. The molecule has 0 aromatic carbocycles. The van der Waals surface area contributed by atoms with Crippen molar-refractivity contribution in [2.24, 2.45) is 69.5 Å². The number of Topliss-reactive ketones (excluding diaryl/α,β-unsaturated/α-hetero) is 2. The summed E-state index contributed by atoms with van der Waals surface area (Å²) < 4.78 is 0. The highest BCUT2D eigenvalue weighted by Crippen LogP contribution is 2.71. The van der Waals surface area contributed by atoms with Gasteiger partial charge in [0, 0.05) is 22.8 Å². The van der Waals surface area contributed by atoms with Gasteiger partial charge in [0.25, 0.3) is 0 Å². The predicted molar refractivity (Wildman–Crippen MR) is 150 cm³/mol. The Morgan fingerprint density at radius 2 is 1.54 bits per heavy atom. The lowest BCUT2D eigenvalue weighted by molar-refractivity contribution is -0.191. The number of rotatable bonds is 2. The van der Waals surface area contributed by atoms with Crippen molar-refractivity contribution in [2.45, 2.75) is 120 Å². The van der Waals surface area contributed by atoms with Crippen LogP contribution in [0.3, 0.4) is 0 Å². The molecule has 0 radical (unpaired) electrons. The van der Waals surface area contributed by atoms with Crippen molar-refractivity contribution < 1.29 is 14.7 Å². The van der Waals surface area contributed by atoms with Crippen LogP contribution in [0.1, 0.15) is 114 Å². The quantitative estimate of drug-likeness (QED) is 0.415. The summed E-state index contributed by atoms with van der Waals surface area (Å²) in [6, 6.07) is 0. The number of hydrogen-bond donors (Lipinski definition) is 1. The summed E-state index contributed by atoms with van der Waals surface area (Å²) in [6.07, 6.45) is 8.69. The lowest BCUT2D eigenvalue weighted by Crippen LogP contribution is -2.66. The largest absolute Gasteiger partial charge is 0.389 e. The molecule has 5 aliphatic carbocycles. The van der Waals surface area contributed by atoms with Crippen LogP contribution in [0.25, 0.3) is 0 Å². The molecule has 0 spiro atoms. The van der Waals surface area contributed by atoms with E-state index in [9.17, 15) is 14.7 Å². The predicted octanol–water partition coefficient (Wildman–Crippen LogP) is 7.66. The van der Waals surface area contributed by atoms with E-state index in [1.807, 2.05) is 0 Å². The first-order valence-corrected chi connectivity index (χ1v) is 15.6. The van der Waals surface area contributed by atoms with Crippen LogP contribution in [0.15, 0.2) is 11.1 Å². The summed E-state index contributed by atoms with van der Waals surface area (Å²) in [5, 5.41) is 10.6. The zero-order chi connectivity index (χ0) is 27.2. The highest BCUT2D eigenvalue weighted by atomic mass is 16.3. The summed E-state index contributed by atoms with van der Waals surface area (Å²) in [5.41, 5.74) is 0.816. The molecule has 0 amide bonds. The Kier molecular flexibility index (Phi) is 6.74. The van der Waals surface area contributed by atoms with E-state index in [1.54, 1.807) is 6.92 Å². The van der Waals surface area contributed by atoms with E-state index in [1.165, 1.54) is 32.1 Å². The van der Waals surface area contributed by atoms with E-state index in [4.69, 9.17) is 0 Å². The fourth-order valence-corrected chi connectivity index (χ4v) is 11.5.